The van der Waals surface area contributed by atoms with E-state index in [0.29, 0.717) is 6.54 Å². The van der Waals surface area contributed by atoms with Gasteiger partial charge in [-0.25, -0.2) is 14.4 Å². The first kappa shape index (κ1) is 18.7. The highest BCUT2D eigenvalue weighted by molar-refractivity contribution is 5.83. The van der Waals surface area contributed by atoms with Crippen LogP contribution in [0.15, 0.2) is 24.3 Å². The van der Waals surface area contributed by atoms with Crippen molar-refractivity contribution in [3.05, 3.63) is 29.8 Å². The number of carboxylic acids is 2. The zero-order valence-electron chi connectivity index (χ0n) is 20.0. The van der Waals surface area contributed by atoms with Gasteiger partial charge in [0.2, 0.25) is 0 Å². The van der Waals surface area contributed by atoms with Crippen molar-refractivity contribution in [3.63, 3.8) is 0 Å². The van der Waals surface area contributed by atoms with Gasteiger partial charge >= 0.3 is 18.0 Å². The molecule has 1 rings (SSSR count). The predicted octanol–water partition coefficient (Wildman–Crippen LogP) is 0.637. The van der Waals surface area contributed by atoms with Crippen LogP contribution in [-0.2, 0) is 9.59 Å². The molecule has 0 aromatic heterocycles. The van der Waals surface area contributed by atoms with Gasteiger partial charge in [-0.1, -0.05) is 12.1 Å². The molecule has 0 fully saturated rings. The summed E-state index contributed by atoms with van der Waals surface area (Å²) in [7, 11) is 4.66. The summed E-state index contributed by atoms with van der Waals surface area (Å²) >= 11 is 0. The topological polar surface area (TPSA) is 148 Å². The summed E-state index contributed by atoms with van der Waals surface area (Å²) in [5.41, 5.74) is 0.238. The number of nitrogens with zero attached hydrogens (tertiary/aromatic N) is 2. The Morgan fingerprint density at radius 2 is 1.68 bits per heavy atom. The van der Waals surface area contributed by atoms with E-state index in [4.69, 9.17) is 30.6 Å². The summed E-state index contributed by atoms with van der Waals surface area (Å²) < 4.78 is 36.5. The first-order valence-electron chi connectivity index (χ1n) is 10.0. The number of carboxylic acid groups (broad SMARTS) is 2. The summed E-state index contributed by atoms with van der Waals surface area (Å²) in [6.45, 7) is -0.250. The molecule has 2 unspecified atom stereocenters. The van der Waals surface area contributed by atoms with E-state index in [1.807, 2.05) is 6.92 Å². The monoisotopic (exact) mass is 405 g/mol. The second-order valence-corrected chi connectivity index (χ2v) is 5.72. The molecule has 1 amide bonds. The van der Waals surface area contributed by atoms with E-state index in [1.165, 1.54) is 30.0 Å². The second kappa shape index (κ2) is 11.9. The SMILES string of the molecule is O=C(O)C(O)C(O)C(=O)O.[2H]C([2H])([2H])[13C@@]([2H])(c1cccc(OC(=O)N(C)CC)c1)N(C)C. The van der Waals surface area contributed by atoms with Gasteiger partial charge in [0.15, 0.2) is 12.2 Å². The number of aliphatic hydroxyl groups is 2. The molecular weight excluding hydrogens is 373 g/mol. The van der Waals surface area contributed by atoms with Gasteiger partial charge in [0.1, 0.15) is 5.75 Å². The van der Waals surface area contributed by atoms with E-state index in [0.717, 1.165) is 0 Å². The molecule has 0 spiro atoms. The molecule has 158 valence electrons. The lowest BCUT2D eigenvalue weighted by molar-refractivity contribution is -0.165. The van der Waals surface area contributed by atoms with Gasteiger partial charge in [-0.05, 0) is 45.6 Å². The van der Waals surface area contributed by atoms with Crippen LogP contribution in [0.1, 0.15) is 30.8 Å². The quantitative estimate of drug-likeness (QED) is 0.480. The molecule has 0 heterocycles. The molecule has 0 radical (unpaired) electrons. The zero-order valence-corrected chi connectivity index (χ0v) is 16.0. The van der Waals surface area contributed by atoms with E-state index >= 15 is 0 Å². The Morgan fingerprint density at radius 1 is 1.14 bits per heavy atom. The molecular formula is C18H28N2O8. The average molecular weight is 405 g/mol. The van der Waals surface area contributed by atoms with E-state index in [9.17, 15) is 14.4 Å². The number of rotatable bonds is 7. The van der Waals surface area contributed by atoms with Crippen LogP contribution in [-0.4, -0.2) is 88.2 Å². The van der Waals surface area contributed by atoms with Crippen LogP contribution in [0.5, 0.6) is 5.75 Å². The normalized spacial score (nSPS) is 17.2. The highest BCUT2D eigenvalue weighted by Crippen LogP contribution is 2.22. The summed E-state index contributed by atoms with van der Waals surface area (Å²) in [5, 5.41) is 32.5. The Morgan fingerprint density at radius 3 is 2.07 bits per heavy atom. The van der Waals surface area contributed by atoms with Crippen LogP contribution in [0.4, 0.5) is 4.79 Å². The number of aliphatic carboxylic acids is 2. The minimum absolute atomic E-state index is 0.213. The van der Waals surface area contributed by atoms with Crippen molar-refractivity contribution in [1.29, 1.82) is 0 Å². The number of hydrogen-bond donors (Lipinski definition) is 4. The van der Waals surface area contributed by atoms with Crippen molar-refractivity contribution in [2.45, 2.75) is 32.0 Å². The zero-order chi connectivity index (χ0) is 25.4. The number of hydrogen-bond acceptors (Lipinski definition) is 7. The first-order valence-corrected chi connectivity index (χ1v) is 8.03. The fraction of sp³-hybridized carbons (Fsp3) is 0.500. The molecule has 0 aliphatic carbocycles. The fourth-order valence-corrected chi connectivity index (χ4v) is 1.54. The van der Waals surface area contributed by atoms with Crippen molar-refractivity contribution < 1.29 is 45.0 Å². The fourth-order valence-electron chi connectivity index (χ4n) is 1.54. The van der Waals surface area contributed by atoms with Crippen molar-refractivity contribution >= 4 is 18.0 Å². The average Bonchev–Trinajstić information content (AvgIpc) is 2.70. The molecule has 0 aliphatic rings. The maximum absolute atomic E-state index is 11.8. The summed E-state index contributed by atoms with van der Waals surface area (Å²) in [4.78, 5) is 34.0. The number of aliphatic hydroxyl groups excluding tert-OH is 2. The van der Waals surface area contributed by atoms with Crippen LogP contribution in [0.3, 0.4) is 0 Å². The molecule has 28 heavy (non-hydrogen) atoms. The summed E-state index contributed by atoms with van der Waals surface area (Å²) in [6, 6.07) is 4.16. The van der Waals surface area contributed by atoms with Gasteiger partial charge in [0.05, 0.1) is 1.37 Å². The lowest BCUT2D eigenvalue weighted by Crippen LogP contribution is -2.39. The minimum Gasteiger partial charge on any atom is -0.479 e. The molecule has 0 saturated heterocycles. The largest absolute Gasteiger partial charge is 0.479 e. The highest BCUT2D eigenvalue weighted by Gasteiger charge is 2.29. The maximum atomic E-state index is 11.8. The molecule has 1 aromatic rings. The Kier molecular flexibility index (Phi) is 7.93. The number of benzene rings is 1. The summed E-state index contributed by atoms with van der Waals surface area (Å²) in [6.07, 6.45) is -5.07. The third kappa shape index (κ3) is 8.33. The van der Waals surface area contributed by atoms with Crippen LogP contribution in [0.2, 0.25) is 0 Å². The lowest BCUT2D eigenvalue weighted by Gasteiger charge is -2.21. The number of carbonyl (C=O) groups is 3. The van der Waals surface area contributed by atoms with E-state index in [1.54, 1.807) is 25.2 Å². The van der Waals surface area contributed by atoms with E-state index in [2.05, 4.69) is 0 Å². The number of ether oxygens (including phenoxy) is 1. The maximum Gasteiger partial charge on any atom is 0.414 e. The van der Waals surface area contributed by atoms with E-state index < -0.39 is 43.1 Å². The van der Waals surface area contributed by atoms with E-state index in [-0.39, 0.29) is 11.3 Å². The minimum atomic E-state index is -2.56. The van der Waals surface area contributed by atoms with Gasteiger partial charge in [-0.3, -0.25) is 0 Å². The Labute approximate surface area is 169 Å². The van der Waals surface area contributed by atoms with Crippen LogP contribution < -0.4 is 4.74 Å². The van der Waals surface area contributed by atoms with Crippen molar-refractivity contribution in [2.24, 2.45) is 0 Å². The molecule has 1 aromatic carbocycles. The lowest BCUT2D eigenvalue weighted by atomic mass is 10.2. The van der Waals surface area contributed by atoms with Crippen LogP contribution in [0.25, 0.3) is 0 Å². The highest BCUT2D eigenvalue weighted by atomic mass is 16.6. The first-order chi connectivity index (χ1) is 14.5. The van der Waals surface area contributed by atoms with Crippen LogP contribution >= 0.6 is 0 Å². The standard InChI is InChI=1S/C14H22N2O2.C4H6O6/c1-6-16(5)14(17)18-13-9-7-8-12(10-13)11(2)15(3)4;5-1(3(7)8)2(6)4(9)10/h7-11H,6H2,1-5H3;1-2,5-6H,(H,7,8)(H,9,10)/t11-;/m0./s1/i2D3,11+1D;. The molecule has 0 saturated carbocycles. The smallest absolute Gasteiger partial charge is 0.414 e. The Bertz CT molecular complexity index is 787. The molecule has 3 atom stereocenters. The molecule has 10 heteroatoms. The summed E-state index contributed by atoms with van der Waals surface area (Å²) in [5.74, 6) is -3.32. The Hall–Kier alpha value is -2.69. The third-order valence-corrected chi connectivity index (χ3v) is 3.35. The van der Waals surface area contributed by atoms with Crippen molar-refractivity contribution in [1.82, 2.24) is 9.80 Å². The number of amides is 1. The molecule has 0 bridgehead atoms. The second-order valence-electron chi connectivity index (χ2n) is 5.72. The third-order valence-electron chi connectivity index (χ3n) is 3.35. The molecule has 4 N–H and O–H groups in total. The number of carbonyl (C=O) groups excluding carboxylic acids is 1. The molecule has 10 nitrogen and oxygen atoms in total. The van der Waals surface area contributed by atoms with Gasteiger partial charge in [0, 0.05) is 23.7 Å². The van der Waals surface area contributed by atoms with Gasteiger partial charge in [-0.2, -0.15) is 0 Å². The molecule has 0 aliphatic heterocycles. The predicted molar refractivity (Wildman–Crippen MR) is 100 cm³/mol. The van der Waals surface area contributed by atoms with Crippen molar-refractivity contribution in [2.75, 3.05) is 27.7 Å². The van der Waals surface area contributed by atoms with Crippen LogP contribution in [0, 0.1) is 0 Å². The van der Waals surface area contributed by atoms with Gasteiger partial charge < -0.3 is 35.0 Å². The Balaban J connectivity index is 0.000000809. The van der Waals surface area contributed by atoms with Crippen molar-refractivity contribution in [3.8, 4) is 5.75 Å². The van der Waals surface area contributed by atoms with Gasteiger partial charge in [-0.15, -0.1) is 0 Å². The van der Waals surface area contributed by atoms with Gasteiger partial charge in [0.25, 0.3) is 0 Å².